The van der Waals surface area contributed by atoms with Crippen LogP contribution in [-0.2, 0) is 19.1 Å². The summed E-state index contributed by atoms with van der Waals surface area (Å²) in [7, 11) is 0. The lowest BCUT2D eigenvalue weighted by Gasteiger charge is -2.05. The van der Waals surface area contributed by atoms with Crippen LogP contribution in [0.3, 0.4) is 0 Å². The van der Waals surface area contributed by atoms with E-state index >= 15 is 0 Å². The van der Waals surface area contributed by atoms with Crippen molar-refractivity contribution in [3.8, 4) is 0 Å². The minimum atomic E-state index is -1.29. The zero-order valence-electron chi connectivity index (χ0n) is 6.44. The third-order valence-electron chi connectivity index (χ3n) is 0.942. The number of hydrogen-bond donors (Lipinski definition) is 2. The molecular weight excluding hydrogens is 166 g/mol. The fourth-order valence-electron chi connectivity index (χ4n) is 0.489. The Balaban J connectivity index is 3.93. The molecule has 0 bridgehead atoms. The molecular formula is C6H9NO5. The Hall–Kier alpha value is -1.43. The van der Waals surface area contributed by atoms with E-state index in [1.54, 1.807) is 0 Å². The molecule has 0 spiro atoms. The molecule has 0 amide bonds. The lowest BCUT2D eigenvalue weighted by Crippen LogP contribution is -2.35. The average Bonchev–Trinajstić information content (AvgIpc) is 1.84. The maximum absolute atomic E-state index is 10.7. The Kier molecular flexibility index (Phi) is 3.92. The zero-order valence-corrected chi connectivity index (χ0v) is 6.44. The number of hydrogen-bond acceptors (Lipinski definition) is 5. The van der Waals surface area contributed by atoms with E-state index in [1.165, 1.54) is 0 Å². The van der Waals surface area contributed by atoms with Crippen molar-refractivity contribution in [2.45, 2.75) is 19.4 Å². The number of carboxylic acids is 1. The van der Waals surface area contributed by atoms with Crippen molar-refractivity contribution < 1.29 is 24.2 Å². The summed E-state index contributed by atoms with van der Waals surface area (Å²) in [5, 5.41) is 8.19. The highest BCUT2D eigenvalue weighted by molar-refractivity contribution is 5.89. The van der Waals surface area contributed by atoms with Crippen molar-refractivity contribution in [3.05, 3.63) is 0 Å². The van der Waals surface area contributed by atoms with Gasteiger partial charge in [0.1, 0.15) is 6.04 Å². The summed E-state index contributed by atoms with van der Waals surface area (Å²) in [5.41, 5.74) is 5.06. The van der Waals surface area contributed by atoms with Crippen LogP contribution in [0.15, 0.2) is 0 Å². The van der Waals surface area contributed by atoms with Gasteiger partial charge in [-0.05, 0) is 0 Å². The predicted octanol–water partition coefficient (Wildman–Crippen LogP) is -1.12. The van der Waals surface area contributed by atoms with E-state index in [9.17, 15) is 14.4 Å². The summed E-state index contributed by atoms with van der Waals surface area (Å²) in [4.78, 5) is 30.9. The first-order chi connectivity index (χ1) is 5.43. The number of carbonyl (C=O) groups is 3. The molecule has 0 heterocycles. The van der Waals surface area contributed by atoms with E-state index < -0.39 is 30.4 Å². The van der Waals surface area contributed by atoms with Crippen LogP contribution in [0.2, 0.25) is 0 Å². The summed E-state index contributed by atoms with van der Waals surface area (Å²) in [6, 6.07) is -1.29. The standard InChI is InChI=1S/C6H9NO5/c1-3(8)12-6(11)4(7)2-5(9)10/h4H,2,7H2,1H3,(H,9,10). The van der Waals surface area contributed by atoms with Crippen LogP contribution in [0.4, 0.5) is 0 Å². The molecule has 0 aromatic carbocycles. The van der Waals surface area contributed by atoms with Gasteiger partial charge >= 0.3 is 17.9 Å². The summed E-state index contributed by atoms with van der Waals surface area (Å²) in [6.07, 6.45) is -0.549. The topological polar surface area (TPSA) is 107 Å². The van der Waals surface area contributed by atoms with Crippen molar-refractivity contribution in [3.63, 3.8) is 0 Å². The van der Waals surface area contributed by atoms with Gasteiger partial charge in [0.15, 0.2) is 0 Å². The average molecular weight is 175 g/mol. The molecule has 6 nitrogen and oxygen atoms in total. The molecule has 0 aliphatic heterocycles. The van der Waals surface area contributed by atoms with Crippen LogP contribution < -0.4 is 5.73 Å². The summed E-state index contributed by atoms with van der Waals surface area (Å²) < 4.78 is 4.05. The first-order valence-electron chi connectivity index (χ1n) is 3.13. The fraction of sp³-hybridized carbons (Fsp3) is 0.500. The minimum Gasteiger partial charge on any atom is -0.481 e. The summed E-state index contributed by atoms with van der Waals surface area (Å²) in [6.45, 7) is 1.03. The second-order valence-corrected chi connectivity index (χ2v) is 2.12. The van der Waals surface area contributed by atoms with Gasteiger partial charge in [-0.2, -0.15) is 0 Å². The van der Waals surface area contributed by atoms with Gasteiger partial charge in [0, 0.05) is 6.92 Å². The predicted molar refractivity (Wildman–Crippen MR) is 37.0 cm³/mol. The van der Waals surface area contributed by atoms with Gasteiger partial charge in [-0.1, -0.05) is 0 Å². The van der Waals surface area contributed by atoms with Crippen LogP contribution in [0.25, 0.3) is 0 Å². The van der Waals surface area contributed by atoms with E-state index in [-0.39, 0.29) is 0 Å². The highest BCUT2D eigenvalue weighted by Crippen LogP contribution is 1.92. The van der Waals surface area contributed by atoms with Crippen LogP contribution >= 0.6 is 0 Å². The normalized spacial score (nSPS) is 11.8. The number of carbonyl (C=O) groups excluding carboxylic acids is 2. The molecule has 0 aliphatic rings. The molecule has 68 valence electrons. The second kappa shape index (κ2) is 4.45. The molecule has 0 aliphatic carbocycles. The minimum absolute atomic E-state index is 0.549. The van der Waals surface area contributed by atoms with Gasteiger partial charge in [0.25, 0.3) is 0 Å². The molecule has 0 aromatic rings. The van der Waals surface area contributed by atoms with Crippen molar-refractivity contribution in [1.82, 2.24) is 0 Å². The van der Waals surface area contributed by atoms with Crippen molar-refractivity contribution in [2.75, 3.05) is 0 Å². The molecule has 0 rings (SSSR count). The molecule has 0 radical (unpaired) electrons. The second-order valence-electron chi connectivity index (χ2n) is 2.12. The van der Waals surface area contributed by atoms with E-state index in [0.29, 0.717) is 0 Å². The first-order valence-corrected chi connectivity index (χ1v) is 3.13. The SMILES string of the molecule is CC(=O)OC(=O)C(N)CC(=O)O. The Labute approximate surface area is 68.3 Å². The van der Waals surface area contributed by atoms with E-state index in [2.05, 4.69) is 4.74 Å². The zero-order chi connectivity index (χ0) is 9.72. The Bertz CT molecular complexity index is 212. The quantitative estimate of drug-likeness (QED) is 0.415. The number of rotatable bonds is 3. The number of aliphatic carboxylic acids is 1. The number of nitrogens with two attached hydrogens (primary N) is 1. The maximum Gasteiger partial charge on any atom is 0.331 e. The van der Waals surface area contributed by atoms with Crippen LogP contribution in [0.1, 0.15) is 13.3 Å². The third kappa shape index (κ3) is 4.40. The summed E-state index contributed by atoms with van der Waals surface area (Å²) >= 11 is 0. The lowest BCUT2D eigenvalue weighted by atomic mass is 10.2. The summed E-state index contributed by atoms with van der Waals surface area (Å²) in [5.74, 6) is -3.05. The van der Waals surface area contributed by atoms with Gasteiger partial charge < -0.3 is 15.6 Å². The van der Waals surface area contributed by atoms with Crippen LogP contribution in [0.5, 0.6) is 0 Å². The van der Waals surface area contributed by atoms with E-state index in [0.717, 1.165) is 6.92 Å². The lowest BCUT2D eigenvalue weighted by molar-refractivity contribution is -0.160. The van der Waals surface area contributed by atoms with Gasteiger partial charge in [0.05, 0.1) is 6.42 Å². The third-order valence-corrected chi connectivity index (χ3v) is 0.942. The Morgan fingerprint density at radius 1 is 1.50 bits per heavy atom. The fourth-order valence-corrected chi connectivity index (χ4v) is 0.489. The van der Waals surface area contributed by atoms with Gasteiger partial charge in [0.2, 0.25) is 0 Å². The van der Waals surface area contributed by atoms with Gasteiger partial charge in [-0.15, -0.1) is 0 Å². The van der Waals surface area contributed by atoms with Gasteiger partial charge in [-0.3, -0.25) is 9.59 Å². The van der Waals surface area contributed by atoms with Crippen molar-refractivity contribution >= 4 is 17.9 Å². The first kappa shape index (κ1) is 10.6. The maximum atomic E-state index is 10.7. The Morgan fingerprint density at radius 3 is 2.33 bits per heavy atom. The molecule has 0 saturated carbocycles. The number of esters is 2. The molecule has 6 heteroatoms. The molecule has 0 saturated heterocycles. The molecule has 0 fully saturated rings. The molecule has 3 N–H and O–H groups in total. The molecule has 0 aromatic heterocycles. The number of ether oxygens (including phenoxy) is 1. The van der Waals surface area contributed by atoms with E-state index in [4.69, 9.17) is 10.8 Å². The van der Waals surface area contributed by atoms with E-state index in [1.807, 2.05) is 0 Å². The molecule has 12 heavy (non-hydrogen) atoms. The van der Waals surface area contributed by atoms with Gasteiger partial charge in [-0.25, -0.2) is 4.79 Å². The van der Waals surface area contributed by atoms with Crippen LogP contribution in [-0.4, -0.2) is 29.1 Å². The smallest absolute Gasteiger partial charge is 0.331 e. The highest BCUT2D eigenvalue weighted by Gasteiger charge is 2.19. The Morgan fingerprint density at radius 2 is 2.00 bits per heavy atom. The molecule has 1 atom stereocenters. The monoisotopic (exact) mass is 175 g/mol. The van der Waals surface area contributed by atoms with Crippen LogP contribution in [0, 0.1) is 0 Å². The highest BCUT2D eigenvalue weighted by atomic mass is 16.6. The van der Waals surface area contributed by atoms with Crippen molar-refractivity contribution in [2.24, 2.45) is 5.73 Å². The largest absolute Gasteiger partial charge is 0.481 e. The molecule has 1 unspecified atom stereocenters. The number of carboxylic acid groups (broad SMARTS) is 1. The van der Waals surface area contributed by atoms with Crippen molar-refractivity contribution in [1.29, 1.82) is 0 Å².